The monoisotopic (exact) mass is 218 g/mol. The summed E-state index contributed by atoms with van der Waals surface area (Å²) in [5, 5.41) is 0. The molecule has 1 aromatic rings. The molecule has 3 rings (SSSR count). The Morgan fingerprint density at radius 1 is 1.44 bits per heavy atom. The lowest BCUT2D eigenvalue weighted by Crippen LogP contribution is -2.36. The number of anilines is 1. The molecule has 0 N–H and O–H groups in total. The van der Waals surface area contributed by atoms with Crippen molar-refractivity contribution in [2.75, 3.05) is 18.1 Å². The third-order valence-corrected chi connectivity index (χ3v) is 3.59. The lowest BCUT2D eigenvalue weighted by Gasteiger charge is -2.28. The van der Waals surface area contributed by atoms with Gasteiger partial charge < -0.3 is 9.64 Å². The molecule has 2 atom stereocenters. The highest BCUT2D eigenvalue weighted by molar-refractivity contribution is 5.48. The molecule has 0 spiro atoms. The number of aromatic nitrogens is 1. The molecule has 1 aromatic heterocycles. The van der Waals surface area contributed by atoms with E-state index in [9.17, 15) is 0 Å². The van der Waals surface area contributed by atoms with E-state index in [0.717, 1.165) is 13.2 Å². The van der Waals surface area contributed by atoms with Crippen molar-refractivity contribution in [1.82, 2.24) is 4.98 Å². The number of nitrogens with zero attached hydrogens (tertiary/aromatic N) is 2. The Hall–Kier alpha value is -1.09. The maximum Gasteiger partial charge on any atom is 0.0771 e. The third kappa shape index (κ3) is 1.59. The minimum absolute atomic E-state index is 0.453. The quantitative estimate of drug-likeness (QED) is 0.760. The first-order chi connectivity index (χ1) is 7.74. The van der Waals surface area contributed by atoms with Gasteiger partial charge in [0.2, 0.25) is 0 Å². The molecular weight excluding hydrogens is 200 g/mol. The van der Waals surface area contributed by atoms with E-state index in [4.69, 9.17) is 4.74 Å². The first-order valence-corrected chi connectivity index (χ1v) is 6.08. The highest BCUT2D eigenvalue weighted by Gasteiger charge is 2.38. The van der Waals surface area contributed by atoms with Crippen LogP contribution in [0.3, 0.4) is 0 Å². The molecule has 0 saturated carbocycles. The molecular formula is C13H18N2O. The van der Waals surface area contributed by atoms with Crippen molar-refractivity contribution >= 4 is 5.69 Å². The van der Waals surface area contributed by atoms with Gasteiger partial charge in [0.15, 0.2) is 0 Å². The van der Waals surface area contributed by atoms with E-state index in [-0.39, 0.29) is 0 Å². The summed E-state index contributed by atoms with van der Waals surface area (Å²) in [5.41, 5.74) is 2.42. The van der Waals surface area contributed by atoms with Crippen LogP contribution in [0.15, 0.2) is 18.3 Å². The first kappa shape index (κ1) is 10.1. The molecule has 0 aromatic carbocycles. The average Bonchev–Trinajstić information content (AvgIpc) is 2.91. The summed E-state index contributed by atoms with van der Waals surface area (Å²) in [6, 6.07) is 4.92. The molecule has 86 valence electrons. The number of hydrogen-bond acceptors (Lipinski definition) is 3. The standard InChI is InChI=1S/C13H18N2O/c1-9(2)13-4-3-10(6-14-13)15-7-12-5-11(15)8-16-12/h3-4,6,9,11-12H,5,7-8H2,1-2H3/t11-,12-/m0/s1. The molecule has 2 bridgehead atoms. The number of hydrogen-bond donors (Lipinski definition) is 0. The van der Waals surface area contributed by atoms with Gasteiger partial charge in [-0.25, -0.2) is 0 Å². The summed E-state index contributed by atoms with van der Waals surface area (Å²) in [4.78, 5) is 6.96. The summed E-state index contributed by atoms with van der Waals surface area (Å²) < 4.78 is 5.60. The lowest BCUT2D eigenvalue weighted by atomic mass is 10.1. The zero-order chi connectivity index (χ0) is 11.1. The molecule has 0 amide bonds. The van der Waals surface area contributed by atoms with Crippen LogP contribution in [0.5, 0.6) is 0 Å². The Kier molecular flexibility index (Phi) is 2.36. The first-order valence-electron chi connectivity index (χ1n) is 6.08. The second-order valence-corrected chi connectivity index (χ2v) is 5.09. The number of pyridine rings is 1. The second-order valence-electron chi connectivity index (χ2n) is 5.09. The van der Waals surface area contributed by atoms with E-state index in [1.54, 1.807) is 0 Å². The highest BCUT2D eigenvalue weighted by Crippen LogP contribution is 2.32. The van der Waals surface area contributed by atoms with Crippen LogP contribution >= 0.6 is 0 Å². The van der Waals surface area contributed by atoms with Gasteiger partial charge in [-0.1, -0.05) is 13.8 Å². The molecule has 3 heterocycles. The van der Waals surface area contributed by atoms with Gasteiger partial charge in [0, 0.05) is 12.2 Å². The molecule has 2 fully saturated rings. The van der Waals surface area contributed by atoms with Gasteiger partial charge in [0.25, 0.3) is 0 Å². The Morgan fingerprint density at radius 3 is 2.81 bits per heavy atom. The number of fused-ring (bicyclic) bond motifs is 2. The van der Waals surface area contributed by atoms with Crippen molar-refractivity contribution in [2.24, 2.45) is 0 Å². The van der Waals surface area contributed by atoms with Crippen LogP contribution in [0, 0.1) is 0 Å². The molecule has 3 heteroatoms. The lowest BCUT2D eigenvalue weighted by molar-refractivity contribution is 0.0991. The van der Waals surface area contributed by atoms with Gasteiger partial charge in [0.1, 0.15) is 0 Å². The fourth-order valence-electron chi connectivity index (χ4n) is 2.62. The van der Waals surface area contributed by atoms with E-state index in [0.29, 0.717) is 18.1 Å². The summed E-state index contributed by atoms with van der Waals surface area (Å²) in [5.74, 6) is 0.507. The second kappa shape index (κ2) is 3.74. The Labute approximate surface area is 96.4 Å². The maximum absolute atomic E-state index is 5.60. The van der Waals surface area contributed by atoms with Crippen molar-refractivity contribution in [3.05, 3.63) is 24.0 Å². The average molecular weight is 218 g/mol. The van der Waals surface area contributed by atoms with Crippen molar-refractivity contribution in [3.8, 4) is 0 Å². The summed E-state index contributed by atoms with van der Waals surface area (Å²) in [6.07, 6.45) is 3.65. The number of rotatable bonds is 2. The van der Waals surface area contributed by atoms with Crippen molar-refractivity contribution in [2.45, 2.75) is 38.3 Å². The van der Waals surface area contributed by atoms with E-state index < -0.39 is 0 Å². The largest absolute Gasteiger partial charge is 0.374 e. The minimum Gasteiger partial charge on any atom is -0.374 e. The SMILES string of the molecule is CC(C)c1ccc(N2C[C@@H]3C[C@H]2CO3)cn1. The molecule has 0 aliphatic carbocycles. The summed E-state index contributed by atoms with van der Waals surface area (Å²) >= 11 is 0. The molecule has 2 aliphatic heterocycles. The van der Waals surface area contributed by atoms with Crippen LogP contribution in [0.2, 0.25) is 0 Å². The highest BCUT2D eigenvalue weighted by atomic mass is 16.5. The molecule has 0 radical (unpaired) electrons. The van der Waals surface area contributed by atoms with Gasteiger partial charge in [-0.15, -0.1) is 0 Å². The van der Waals surface area contributed by atoms with Gasteiger partial charge >= 0.3 is 0 Å². The Balaban J connectivity index is 1.80. The van der Waals surface area contributed by atoms with Crippen molar-refractivity contribution in [1.29, 1.82) is 0 Å². The van der Waals surface area contributed by atoms with Gasteiger partial charge in [-0.3, -0.25) is 4.98 Å². The summed E-state index contributed by atoms with van der Waals surface area (Å²) in [6.45, 7) is 6.27. The van der Waals surface area contributed by atoms with Gasteiger partial charge in [0.05, 0.1) is 30.6 Å². The number of morpholine rings is 1. The van der Waals surface area contributed by atoms with E-state index in [2.05, 4.69) is 35.9 Å². The molecule has 3 nitrogen and oxygen atoms in total. The zero-order valence-electron chi connectivity index (χ0n) is 9.89. The minimum atomic E-state index is 0.453. The maximum atomic E-state index is 5.60. The predicted octanol–water partition coefficient (Wildman–Crippen LogP) is 2.18. The summed E-state index contributed by atoms with van der Waals surface area (Å²) in [7, 11) is 0. The molecule has 2 aliphatic rings. The van der Waals surface area contributed by atoms with Gasteiger partial charge in [-0.05, 0) is 24.5 Å². The smallest absolute Gasteiger partial charge is 0.0771 e. The molecule has 16 heavy (non-hydrogen) atoms. The van der Waals surface area contributed by atoms with Crippen LogP contribution in [0.25, 0.3) is 0 Å². The van der Waals surface area contributed by atoms with Crippen LogP contribution in [-0.2, 0) is 4.74 Å². The zero-order valence-corrected chi connectivity index (χ0v) is 9.89. The van der Waals surface area contributed by atoms with E-state index >= 15 is 0 Å². The molecule has 0 unspecified atom stereocenters. The van der Waals surface area contributed by atoms with Crippen LogP contribution < -0.4 is 4.90 Å². The van der Waals surface area contributed by atoms with Gasteiger partial charge in [-0.2, -0.15) is 0 Å². The fraction of sp³-hybridized carbons (Fsp3) is 0.615. The van der Waals surface area contributed by atoms with Crippen molar-refractivity contribution in [3.63, 3.8) is 0 Å². The molecule has 2 saturated heterocycles. The Morgan fingerprint density at radius 2 is 2.31 bits per heavy atom. The van der Waals surface area contributed by atoms with Crippen LogP contribution in [-0.4, -0.2) is 30.3 Å². The topological polar surface area (TPSA) is 25.4 Å². The van der Waals surface area contributed by atoms with E-state index in [1.165, 1.54) is 17.8 Å². The fourth-order valence-corrected chi connectivity index (χ4v) is 2.62. The predicted molar refractivity (Wildman–Crippen MR) is 63.8 cm³/mol. The Bertz CT molecular complexity index is 374. The van der Waals surface area contributed by atoms with Crippen LogP contribution in [0.4, 0.5) is 5.69 Å². The third-order valence-electron chi connectivity index (χ3n) is 3.59. The van der Waals surface area contributed by atoms with Crippen molar-refractivity contribution < 1.29 is 4.74 Å². The number of ether oxygens (including phenoxy) is 1. The van der Waals surface area contributed by atoms with Crippen LogP contribution in [0.1, 0.15) is 31.9 Å². The normalized spacial score (nSPS) is 28.1. The van der Waals surface area contributed by atoms with E-state index in [1.807, 2.05) is 6.20 Å².